The van der Waals surface area contributed by atoms with E-state index in [1.54, 1.807) is 0 Å². The molecule has 1 aliphatic rings. The Morgan fingerprint density at radius 1 is 1.21 bits per heavy atom. The van der Waals surface area contributed by atoms with Crippen molar-refractivity contribution in [3.8, 4) is 5.75 Å². The number of aromatic nitrogens is 1. The van der Waals surface area contributed by atoms with Crippen LogP contribution in [0.4, 0.5) is 13.2 Å². The number of carboxylic acids is 1. The van der Waals surface area contributed by atoms with Gasteiger partial charge in [0.15, 0.2) is 0 Å². The van der Waals surface area contributed by atoms with E-state index < -0.39 is 12.1 Å². The van der Waals surface area contributed by atoms with E-state index in [1.165, 1.54) is 49.7 Å². The standard InChI is InChI=1S/C19H26N2O.C2HF3O2/c1-2-3-4-11-21-12-8-18(9-13-21)22-19-6-5-17-15-20-10-7-16(17)14-19;3-2(4,5)1(6)7/h5-7,10,14-15,18H,2-4,8-9,11-13H2,1H3;(H,6,7). The van der Waals surface area contributed by atoms with Crippen LogP contribution in [-0.4, -0.2) is 52.9 Å². The number of hydrogen-bond donors (Lipinski definition) is 1. The minimum Gasteiger partial charge on any atom is -0.490 e. The number of halogens is 3. The molecule has 0 atom stereocenters. The van der Waals surface area contributed by atoms with Gasteiger partial charge in [-0.3, -0.25) is 4.98 Å². The molecule has 29 heavy (non-hydrogen) atoms. The lowest BCUT2D eigenvalue weighted by Gasteiger charge is -2.32. The predicted octanol–water partition coefficient (Wildman–Crippen LogP) is 4.90. The number of pyridine rings is 1. The average Bonchev–Trinajstić information content (AvgIpc) is 2.69. The summed E-state index contributed by atoms with van der Waals surface area (Å²) in [7, 11) is 0. The number of unbranched alkanes of at least 4 members (excludes halogenated alkanes) is 2. The molecule has 0 saturated carbocycles. The van der Waals surface area contributed by atoms with Crippen LogP contribution in [0.15, 0.2) is 36.7 Å². The number of nitrogens with zero attached hydrogens (tertiary/aromatic N) is 2. The Morgan fingerprint density at radius 3 is 2.52 bits per heavy atom. The Balaban J connectivity index is 0.000000370. The zero-order chi connectivity index (χ0) is 21.3. The van der Waals surface area contributed by atoms with E-state index in [0.29, 0.717) is 6.10 Å². The number of alkyl halides is 3. The van der Waals surface area contributed by atoms with Gasteiger partial charge in [-0.05, 0) is 55.5 Å². The van der Waals surface area contributed by atoms with Gasteiger partial charge in [0.1, 0.15) is 11.9 Å². The highest BCUT2D eigenvalue weighted by molar-refractivity contribution is 5.82. The molecule has 5 nitrogen and oxygen atoms in total. The molecule has 1 aromatic heterocycles. The smallest absolute Gasteiger partial charge is 0.490 e. The number of hydrogen-bond acceptors (Lipinski definition) is 4. The van der Waals surface area contributed by atoms with Crippen molar-refractivity contribution in [2.24, 2.45) is 0 Å². The van der Waals surface area contributed by atoms with Crippen LogP contribution in [-0.2, 0) is 4.79 Å². The maximum Gasteiger partial charge on any atom is 0.490 e. The molecule has 0 aliphatic carbocycles. The maximum absolute atomic E-state index is 10.6. The zero-order valence-electron chi connectivity index (χ0n) is 16.5. The molecule has 1 saturated heterocycles. The van der Waals surface area contributed by atoms with E-state index in [0.717, 1.165) is 18.6 Å². The van der Waals surface area contributed by atoms with Gasteiger partial charge in [0.2, 0.25) is 0 Å². The number of likely N-dealkylation sites (tertiary alicyclic amines) is 1. The summed E-state index contributed by atoms with van der Waals surface area (Å²) >= 11 is 0. The SMILES string of the molecule is CCCCCN1CCC(Oc2ccc3cnccc3c2)CC1.O=C(O)C(F)(F)F. The Bertz CT molecular complexity index is 775. The molecule has 1 aliphatic heterocycles. The first-order valence-corrected chi connectivity index (χ1v) is 9.82. The fourth-order valence-corrected chi connectivity index (χ4v) is 3.16. The van der Waals surface area contributed by atoms with Crippen LogP contribution >= 0.6 is 0 Å². The number of piperidine rings is 1. The van der Waals surface area contributed by atoms with E-state index in [4.69, 9.17) is 14.6 Å². The summed E-state index contributed by atoms with van der Waals surface area (Å²) in [6.07, 6.45) is 5.28. The summed E-state index contributed by atoms with van der Waals surface area (Å²) in [5.41, 5.74) is 0. The Hall–Kier alpha value is -2.35. The number of benzene rings is 1. The lowest BCUT2D eigenvalue weighted by atomic mass is 10.1. The molecule has 160 valence electrons. The number of rotatable bonds is 6. The predicted molar refractivity (Wildman–Crippen MR) is 105 cm³/mol. The molecule has 0 unspecified atom stereocenters. The second-order valence-electron chi connectivity index (χ2n) is 7.05. The minimum atomic E-state index is -5.08. The molecule has 0 spiro atoms. The highest BCUT2D eigenvalue weighted by Gasteiger charge is 2.38. The van der Waals surface area contributed by atoms with Crippen LogP contribution in [0.3, 0.4) is 0 Å². The van der Waals surface area contributed by atoms with E-state index >= 15 is 0 Å². The van der Waals surface area contributed by atoms with Crippen molar-refractivity contribution in [1.29, 1.82) is 0 Å². The average molecular weight is 412 g/mol. The normalized spacial score (nSPS) is 15.6. The summed E-state index contributed by atoms with van der Waals surface area (Å²) in [6.45, 7) is 5.86. The quantitative estimate of drug-likeness (QED) is 0.684. The number of fused-ring (bicyclic) bond motifs is 1. The van der Waals surface area contributed by atoms with E-state index in [2.05, 4.69) is 35.0 Å². The van der Waals surface area contributed by atoms with Gasteiger partial charge in [0.05, 0.1) is 0 Å². The fraction of sp³-hybridized carbons (Fsp3) is 0.524. The van der Waals surface area contributed by atoms with Gasteiger partial charge >= 0.3 is 12.1 Å². The Labute approximate surface area is 168 Å². The van der Waals surface area contributed by atoms with E-state index in [-0.39, 0.29) is 0 Å². The van der Waals surface area contributed by atoms with Crippen molar-refractivity contribution in [2.45, 2.75) is 51.3 Å². The van der Waals surface area contributed by atoms with Gasteiger partial charge in [0.25, 0.3) is 0 Å². The molecule has 2 aromatic rings. The van der Waals surface area contributed by atoms with Gasteiger partial charge in [0, 0.05) is 30.9 Å². The van der Waals surface area contributed by atoms with Crippen LogP contribution in [0.2, 0.25) is 0 Å². The van der Waals surface area contributed by atoms with E-state index in [9.17, 15) is 13.2 Å². The zero-order valence-corrected chi connectivity index (χ0v) is 16.5. The molecule has 8 heteroatoms. The van der Waals surface area contributed by atoms with Crippen LogP contribution in [0.1, 0.15) is 39.0 Å². The molecule has 0 bridgehead atoms. The minimum absolute atomic E-state index is 0.363. The third-order valence-corrected chi connectivity index (χ3v) is 4.77. The first-order chi connectivity index (χ1) is 13.8. The van der Waals surface area contributed by atoms with Crippen LogP contribution in [0.5, 0.6) is 5.75 Å². The van der Waals surface area contributed by atoms with E-state index in [1.807, 2.05) is 18.5 Å². The first kappa shape index (κ1) is 22.9. The van der Waals surface area contributed by atoms with Crippen LogP contribution in [0, 0.1) is 0 Å². The summed E-state index contributed by atoms with van der Waals surface area (Å²) in [4.78, 5) is 15.6. The third kappa shape index (κ3) is 7.89. The third-order valence-electron chi connectivity index (χ3n) is 4.77. The molecular weight excluding hydrogens is 385 g/mol. The van der Waals surface area contributed by atoms with Crippen molar-refractivity contribution >= 4 is 16.7 Å². The molecule has 0 radical (unpaired) electrons. The lowest BCUT2D eigenvalue weighted by Crippen LogP contribution is -2.38. The van der Waals surface area contributed by atoms with Crippen molar-refractivity contribution in [3.05, 3.63) is 36.7 Å². The second kappa shape index (κ2) is 11.0. The monoisotopic (exact) mass is 412 g/mol. The molecule has 2 heterocycles. The Kier molecular flexibility index (Phi) is 8.70. The topological polar surface area (TPSA) is 62.7 Å². The molecule has 3 rings (SSSR count). The van der Waals surface area contributed by atoms with Crippen molar-refractivity contribution in [3.63, 3.8) is 0 Å². The first-order valence-electron chi connectivity index (χ1n) is 9.82. The number of ether oxygens (including phenoxy) is 1. The summed E-state index contributed by atoms with van der Waals surface area (Å²) in [6, 6.07) is 8.33. The molecule has 1 fully saturated rings. The van der Waals surface area contributed by atoms with Crippen molar-refractivity contribution in [1.82, 2.24) is 9.88 Å². The van der Waals surface area contributed by atoms with Gasteiger partial charge in [-0.25, -0.2) is 4.79 Å². The van der Waals surface area contributed by atoms with Gasteiger partial charge in [-0.1, -0.05) is 19.8 Å². The van der Waals surface area contributed by atoms with Gasteiger partial charge in [-0.15, -0.1) is 0 Å². The Morgan fingerprint density at radius 2 is 1.90 bits per heavy atom. The fourth-order valence-electron chi connectivity index (χ4n) is 3.16. The maximum atomic E-state index is 10.6. The number of carboxylic acid groups (broad SMARTS) is 1. The van der Waals surface area contributed by atoms with Crippen LogP contribution < -0.4 is 4.74 Å². The summed E-state index contributed by atoms with van der Waals surface area (Å²) in [5.74, 6) is -1.77. The van der Waals surface area contributed by atoms with Gasteiger partial charge < -0.3 is 14.7 Å². The molecular formula is C21H27F3N2O3. The molecule has 1 N–H and O–H groups in total. The summed E-state index contributed by atoms with van der Waals surface area (Å²) in [5, 5.41) is 9.49. The second-order valence-corrected chi connectivity index (χ2v) is 7.05. The molecule has 1 aromatic carbocycles. The highest BCUT2D eigenvalue weighted by atomic mass is 19.4. The van der Waals surface area contributed by atoms with Crippen LogP contribution in [0.25, 0.3) is 10.8 Å². The highest BCUT2D eigenvalue weighted by Crippen LogP contribution is 2.23. The summed E-state index contributed by atoms with van der Waals surface area (Å²) < 4.78 is 37.9. The van der Waals surface area contributed by atoms with Crippen molar-refractivity contribution < 1.29 is 27.8 Å². The van der Waals surface area contributed by atoms with Gasteiger partial charge in [-0.2, -0.15) is 13.2 Å². The largest absolute Gasteiger partial charge is 0.490 e. The number of carbonyl (C=O) groups is 1. The lowest BCUT2D eigenvalue weighted by molar-refractivity contribution is -0.192. The molecule has 0 amide bonds. The van der Waals surface area contributed by atoms with Crippen molar-refractivity contribution in [2.75, 3.05) is 19.6 Å². The number of aliphatic carboxylic acids is 1.